The maximum absolute atomic E-state index is 5.40. The second-order valence-corrected chi connectivity index (χ2v) is 8.05. The molecule has 2 N–H and O–H groups in total. The molecule has 8 heteroatoms. The number of nitrogens with zero attached hydrogens (tertiary/aromatic N) is 2. The zero-order chi connectivity index (χ0) is 19.9. The van der Waals surface area contributed by atoms with Gasteiger partial charge in [-0.3, -0.25) is 4.99 Å². The number of methoxy groups -OCH3 is 2. The van der Waals surface area contributed by atoms with Gasteiger partial charge in [0.1, 0.15) is 11.5 Å². The minimum Gasteiger partial charge on any atom is -0.497 e. The van der Waals surface area contributed by atoms with E-state index < -0.39 is 0 Å². The second kappa shape index (κ2) is 11.5. The van der Waals surface area contributed by atoms with Crippen LogP contribution in [0.15, 0.2) is 35.3 Å². The highest BCUT2D eigenvalue weighted by atomic mass is 127. The lowest BCUT2D eigenvalue weighted by molar-refractivity contribution is 0.394. The lowest BCUT2D eigenvalue weighted by atomic mass is 10.2. The molecule has 0 amide bonds. The molecule has 1 saturated heterocycles. The van der Waals surface area contributed by atoms with Crippen molar-refractivity contribution in [3.63, 3.8) is 0 Å². The summed E-state index contributed by atoms with van der Waals surface area (Å²) in [7, 11) is 5.18. The monoisotopic (exact) mass is 530 g/mol. The summed E-state index contributed by atoms with van der Waals surface area (Å²) in [5.41, 5.74) is 1.12. The van der Waals surface area contributed by atoms with Crippen LogP contribution in [-0.4, -0.2) is 46.4 Å². The highest BCUT2D eigenvalue weighted by Gasteiger charge is 2.24. The number of hydrogen-bond acceptors (Lipinski definition) is 5. The van der Waals surface area contributed by atoms with Gasteiger partial charge in [0.05, 0.1) is 20.8 Å². The van der Waals surface area contributed by atoms with Crippen LogP contribution in [0.4, 0.5) is 5.69 Å². The summed E-state index contributed by atoms with van der Waals surface area (Å²) < 4.78 is 10.8. The molecule has 1 fully saturated rings. The Labute approximate surface area is 194 Å². The zero-order valence-corrected chi connectivity index (χ0v) is 20.7. The molecule has 3 rings (SSSR count). The van der Waals surface area contributed by atoms with E-state index >= 15 is 0 Å². The number of guanidine groups is 1. The van der Waals surface area contributed by atoms with E-state index in [-0.39, 0.29) is 24.0 Å². The molecule has 2 aromatic rings. The molecule has 1 aromatic heterocycles. The first-order valence-electron chi connectivity index (χ1n) is 9.68. The lowest BCUT2D eigenvalue weighted by Crippen LogP contribution is -2.44. The predicted octanol–water partition coefficient (Wildman–Crippen LogP) is 3.89. The molecule has 6 nitrogen and oxygen atoms in total. The molecule has 0 saturated carbocycles. The molecule has 1 aliphatic heterocycles. The summed E-state index contributed by atoms with van der Waals surface area (Å²) in [6, 6.07) is 10.8. The Morgan fingerprint density at radius 2 is 1.86 bits per heavy atom. The summed E-state index contributed by atoms with van der Waals surface area (Å²) in [6.45, 7) is 4.88. The van der Waals surface area contributed by atoms with Crippen molar-refractivity contribution >= 4 is 47.0 Å². The lowest BCUT2D eigenvalue weighted by Gasteiger charge is -2.21. The number of ether oxygens (including phenoxy) is 2. The zero-order valence-electron chi connectivity index (χ0n) is 17.5. The van der Waals surface area contributed by atoms with Crippen molar-refractivity contribution in [2.24, 2.45) is 4.99 Å². The van der Waals surface area contributed by atoms with E-state index in [2.05, 4.69) is 51.7 Å². The van der Waals surface area contributed by atoms with Crippen molar-refractivity contribution in [2.45, 2.75) is 32.4 Å². The van der Waals surface area contributed by atoms with Crippen LogP contribution in [0.3, 0.4) is 0 Å². The van der Waals surface area contributed by atoms with Crippen molar-refractivity contribution < 1.29 is 9.47 Å². The van der Waals surface area contributed by atoms with Crippen molar-refractivity contribution in [3.8, 4) is 11.5 Å². The van der Waals surface area contributed by atoms with E-state index in [1.54, 1.807) is 14.2 Å². The van der Waals surface area contributed by atoms with E-state index in [0.717, 1.165) is 55.6 Å². The molecule has 160 valence electrons. The highest BCUT2D eigenvalue weighted by Crippen LogP contribution is 2.30. The van der Waals surface area contributed by atoms with Crippen LogP contribution in [0, 0.1) is 0 Å². The van der Waals surface area contributed by atoms with Crippen LogP contribution in [0.25, 0.3) is 0 Å². The van der Waals surface area contributed by atoms with Crippen LogP contribution >= 0.6 is 35.3 Å². The molecule has 0 radical (unpaired) electrons. The molecule has 29 heavy (non-hydrogen) atoms. The van der Waals surface area contributed by atoms with Gasteiger partial charge in [-0.05, 0) is 25.0 Å². The topological polar surface area (TPSA) is 58.1 Å². The SMILES string of the molecule is CCc1ccc(CNC(=NC)NC2CCN(c3cc(OC)cc(OC)c3)C2)s1.I. The summed E-state index contributed by atoms with van der Waals surface area (Å²) in [6.07, 6.45) is 2.14. The van der Waals surface area contributed by atoms with Crippen LogP contribution < -0.4 is 25.0 Å². The third kappa shape index (κ3) is 6.40. The van der Waals surface area contributed by atoms with Crippen LogP contribution in [0.1, 0.15) is 23.1 Å². The third-order valence-electron chi connectivity index (χ3n) is 4.95. The van der Waals surface area contributed by atoms with E-state index in [9.17, 15) is 0 Å². The maximum Gasteiger partial charge on any atom is 0.191 e. The smallest absolute Gasteiger partial charge is 0.191 e. The maximum atomic E-state index is 5.40. The molecule has 0 aliphatic carbocycles. The van der Waals surface area contributed by atoms with Crippen molar-refractivity contribution in [2.75, 3.05) is 39.3 Å². The van der Waals surface area contributed by atoms with Gasteiger partial charge in [0.15, 0.2) is 5.96 Å². The van der Waals surface area contributed by atoms with E-state index in [4.69, 9.17) is 9.47 Å². The minimum absolute atomic E-state index is 0. The number of hydrogen-bond donors (Lipinski definition) is 2. The fourth-order valence-electron chi connectivity index (χ4n) is 3.35. The molecule has 1 unspecified atom stereocenters. The van der Waals surface area contributed by atoms with Gasteiger partial charge in [0.25, 0.3) is 0 Å². The Hall–Kier alpha value is -1.68. The molecule has 0 bridgehead atoms. The number of anilines is 1. The number of nitrogens with one attached hydrogen (secondary N) is 2. The second-order valence-electron chi connectivity index (χ2n) is 6.79. The standard InChI is InChI=1S/C21H30N4O2S.HI/c1-5-19-6-7-20(28-19)13-23-21(22-2)24-15-8-9-25(14-15)16-10-17(26-3)12-18(11-16)27-4;/h6-7,10-12,15H,5,8-9,13-14H2,1-4H3,(H2,22,23,24);1H. The van der Waals surface area contributed by atoms with Crippen LogP contribution in [0.5, 0.6) is 11.5 Å². The van der Waals surface area contributed by atoms with E-state index in [1.807, 2.05) is 24.5 Å². The predicted molar refractivity (Wildman–Crippen MR) is 133 cm³/mol. The number of rotatable bonds is 7. The number of halogens is 1. The molecule has 2 heterocycles. The average molecular weight is 530 g/mol. The average Bonchev–Trinajstić information content (AvgIpc) is 3.40. The minimum atomic E-state index is 0. The quantitative estimate of drug-likeness (QED) is 0.323. The van der Waals surface area contributed by atoms with Crippen LogP contribution in [-0.2, 0) is 13.0 Å². The van der Waals surface area contributed by atoms with Crippen molar-refractivity contribution in [3.05, 3.63) is 40.1 Å². The van der Waals surface area contributed by atoms with E-state index in [0.29, 0.717) is 6.04 Å². The Morgan fingerprint density at radius 3 is 2.45 bits per heavy atom. The normalized spacial score (nSPS) is 16.3. The Bertz CT molecular complexity index is 789. The molecule has 0 spiro atoms. The number of aryl methyl sites for hydroxylation is 1. The van der Waals surface area contributed by atoms with Gasteiger partial charge in [-0.15, -0.1) is 35.3 Å². The molecule has 1 aromatic carbocycles. The Balaban J connectivity index is 0.00000300. The Kier molecular flexibility index (Phi) is 9.35. The highest BCUT2D eigenvalue weighted by molar-refractivity contribution is 14.0. The number of benzene rings is 1. The van der Waals surface area contributed by atoms with Gasteiger partial charge >= 0.3 is 0 Å². The fraction of sp³-hybridized carbons (Fsp3) is 0.476. The van der Waals surface area contributed by atoms with Gasteiger partial charge in [-0.25, -0.2) is 0 Å². The van der Waals surface area contributed by atoms with Crippen molar-refractivity contribution in [1.82, 2.24) is 10.6 Å². The summed E-state index contributed by atoms with van der Waals surface area (Å²) in [4.78, 5) is 9.48. The first-order chi connectivity index (χ1) is 13.6. The van der Waals surface area contributed by atoms with Gasteiger partial charge in [0, 0.05) is 59.8 Å². The molecular formula is C21H31IN4O2S. The van der Waals surface area contributed by atoms with Crippen LogP contribution in [0.2, 0.25) is 0 Å². The molecule has 1 atom stereocenters. The Morgan fingerprint density at radius 1 is 1.17 bits per heavy atom. The first kappa shape index (κ1) is 23.6. The number of thiophene rings is 1. The van der Waals surface area contributed by atoms with Gasteiger partial charge in [-0.2, -0.15) is 0 Å². The van der Waals surface area contributed by atoms with Gasteiger partial charge < -0.3 is 25.0 Å². The van der Waals surface area contributed by atoms with Crippen molar-refractivity contribution in [1.29, 1.82) is 0 Å². The third-order valence-corrected chi connectivity index (χ3v) is 6.18. The fourth-order valence-corrected chi connectivity index (χ4v) is 4.25. The first-order valence-corrected chi connectivity index (χ1v) is 10.5. The number of aliphatic imine (C=N–C) groups is 1. The summed E-state index contributed by atoms with van der Waals surface area (Å²) in [5, 5.41) is 6.98. The molecule has 1 aliphatic rings. The summed E-state index contributed by atoms with van der Waals surface area (Å²) >= 11 is 1.86. The van der Waals surface area contributed by atoms with Gasteiger partial charge in [-0.1, -0.05) is 6.92 Å². The summed E-state index contributed by atoms with van der Waals surface area (Å²) in [5.74, 6) is 2.47. The van der Waals surface area contributed by atoms with E-state index in [1.165, 1.54) is 9.75 Å². The van der Waals surface area contributed by atoms with Gasteiger partial charge in [0.2, 0.25) is 0 Å². The largest absolute Gasteiger partial charge is 0.497 e. The molecular weight excluding hydrogens is 499 g/mol.